The van der Waals surface area contributed by atoms with Crippen LogP contribution >= 0.6 is 0 Å². The summed E-state index contributed by atoms with van der Waals surface area (Å²) in [5.41, 5.74) is 0.794. The Balaban J connectivity index is 1.86. The van der Waals surface area contributed by atoms with Crippen LogP contribution in [0.2, 0.25) is 18.1 Å². The summed E-state index contributed by atoms with van der Waals surface area (Å²) in [7, 11) is -1.99. The van der Waals surface area contributed by atoms with Gasteiger partial charge in [0.2, 0.25) is 0 Å². The average molecular weight is 446 g/mol. The summed E-state index contributed by atoms with van der Waals surface area (Å²) in [5.74, 6) is 0.618. The van der Waals surface area contributed by atoms with Gasteiger partial charge in [-0.25, -0.2) is 4.79 Å². The number of hydrogen-bond acceptors (Lipinski definition) is 6. The third-order valence-electron chi connectivity index (χ3n) is 5.94. The fourth-order valence-corrected chi connectivity index (χ4v) is 4.71. The van der Waals surface area contributed by atoms with E-state index in [9.17, 15) is 4.79 Å². The highest BCUT2D eigenvalue weighted by Crippen LogP contribution is 2.42. The van der Waals surface area contributed by atoms with Gasteiger partial charge < -0.3 is 13.7 Å². The van der Waals surface area contributed by atoms with Crippen LogP contribution in [-0.2, 0) is 9.16 Å². The van der Waals surface area contributed by atoms with Crippen molar-refractivity contribution in [1.29, 1.82) is 0 Å². The molecule has 0 aromatic carbocycles. The molecule has 0 N–H and O–H groups in total. The lowest BCUT2D eigenvalue weighted by atomic mass is 10.1. The molecule has 7 nitrogen and oxygen atoms in total. The molecule has 0 radical (unpaired) electrons. The largest absolute Gasteiger partial charge is 0.444 e. The Bertz CT molecular complexity index is 900. The molecule has 3 heterocycles. The maximum Gasteiger partial charge on any atom is 0.411 e. The van der Waals surface area contributed by atoms with Crippen molar-refractivity contribution in [2.75, 3.05) is 6.54 Å². The van der Waals surface area contributed by atoms with Crippen LogP contribution in [0.15, 0.2) is 35.0 Å². The molecule has 0 aliphatic carbocycles. The molecular weight excluding hydrogens is 410 g/mol. The summed E-state index contributed by atoms with van der Waals surface area (Å²) in [5, 5.41) is 4.27. The van der Waals surface area contributed by atoms with Gasteiger partial charge in [-0.15, -0.1) is 0 Å². The van der Waals surface area contributed by atoms with Gasteiger partial charge in [0.15, 0.2) is 14.1 Å². The van der Waals surface area contributed by atoms with Crippen molar-refractivity contribution in [1.82, 2.24) is 15.0 Å². The minimum absolute atomic E-state index is 0.0817. The minimum Gasteiger partial charge on any atom is -0.444 e. The highest BCUT2D eigenvalue weighted by molar-refractivity contribution is 6.74. The lowest BCUT2D eigenvalue weighted by Crippen LogP contribution is -2.45. The van der Waals surface area contributed by atoms with Gasteiger partial charge in [-0.3, -0.25) is 9.88 Å². The molecular formula is C23H35N3O4Si. The van der Waals surface area contributed by atoms with Crippen LogP contribution in [0.3, 0.4) is 0 Å². The molecule has 0 spiro atoms. The van der Waals surface area contributed by atoms with E-state index in [1.165, 1.54) is 0 Å². The third kappa shape index (κ3) is 5.54. The zero-order chi connectivity index (χ0) is 23.0. The molecule has 8 heteroatoms. The molecule has 1 fully saturated rings. The zero-order valence-corrected chi connectivity index (χ0v) is 20.9. The number of ether oxygens (including phenoxy) is 1. The van der Waals surface area contributed by atoms with Crippen molar-refractivity contribution in [3.05, 3.63) is 36.2 Å². The summed E-state index contributed by atoms with van der Waals surface area (Å²) in [6.45, 7) is 17.2. The number of carbonyl (C=O) groups is 1. The molecule has 1 aliphatic heterocycles. The molecule has 0 bridgehead atoms. The van der Waals surface area contributed by atoms with E-state index >= 15 is 0 Å². The van der Waals surface area contributed by atoms with Crippen molar-refractivity contribution in [3.63, 3.8) is 0 Å². The number of rotatable bonds is 4. The van der Waals surface area contributed by atoms with Crippen LogP contribution in [0.25, 0.3) is 11.4 Å². The Morgan fingerprint density at radius 2 is 1.87 bits per heavy atom. The Hall–Kier alpha value is -2.19. The second-order valence-electron chi connectivity index (χ2n) is 10.7. The Kier molecular flexibility index (Phi) is 6.35. The van der Waals surface area contributed by atoms with E-state index in [-0.39, 0.29) is 23.3 Å². The van der Waals surface area contributed by atoms with E-state index in [1.54, 1.807) is 11.1 Å². The minimum atomic E-state index is -1.99. The van der Waals surface area contributed by atoms with Crippen LogP contribution in [0.1, 0.15) is 59.8 Å². The van der Waals surface area contributed by atoms with E-state index in [0.717, 1.165) is 5.69 Å². The van der Waals surface area contributed by atoms with Gasteiger partial charge in [0.25, 0.3) is 0 Å². The highest BCUT2D eigenvalue weighted by Gasteiger charge is 2.46. The molecule has 1 amide bonds. The van der Waals surface area contributed by atoms with Gasteiger partial charge in [-0.05, 0) is 51.0 Å². The van der Waals surface area contributed by atoms with Crippen LogP contribution in [-0.4, -0.2) is 47.7 Å². The first kappa shape index (κ1) is 23.5. The van der Waals surface area contributed by atoms with Gasteiger partial charge >= 0.3 is 6.09 Å². The van der Waals surface area contributed by atoms with E-state index in [2.05, 4.69) is 44.0 Å². The summed E-state index contributed by atoms with van der Waals surface area (Å²) in [6.07, 6.45) is 1.91. The summed E-state index contributed by atoms with van der Waals surface area (Å²) in [4.78, 5) is 19.1. The van der Waals surface area contributed by atoms with E-state index in [4.69, 9.17) is 13.7 Å². The van der Waals surface area contributed by atoms with Crippen LogP contribution in [0, 0.1) is 0 Å². The normalized spacial score (nSPS) is 20.2. The molecule has 1 saturated heterocycles. The molecule has 2 aromatic rings. The molecule has 2 aromatic heterocycles. The predicted molar refractivity (Wildman–Crippen MR) is 122 cm³/mol. The number of hydrogen-bond donors (Lipinski definition) is 0. The van der Waals surface area contributed by atoms with E-state index in [1.807, 2.05) is 45.0 Å². The first-order valence-electron chi connectivity index (χ1n) is 10.8. The Morgan fingerprint density at radius 3 is 2.45 bits per heavy atom. The number of aromatic nitrogens is 2. The quantitative estimate of drug-likeness (QED) is 0.553. The number of likely N-dealkylation sites (tertiary alicyclic amines) is 1. The van der Waals surface area contributed by atoms with Crippen LogP contribution in [0.4, 0.5) is 4.79 Å². The predicted octanol–water partition coefficient (Wildman–Crippen LogP) is 5.81. The smallest absolute Gasteiger partial charge is 0.411 e. The average Bonchev–Trinajstić information content (AvgIpc) is 3.26. The lowest BCUT2D eigenvalue weighted by Gasteiger charge is -2.38. The topological polar surface area (TPSA) is 77.7 Å². The summed E-state index contributed by atoms with van der Waals surface area (Å²) < 4.78 is 18.0. The third-order valence-corrected chi connectivity index (χ3v) is 10.5. The fourth-order valence-electron chi connectivity index (χ4n) is 3.35. The van der Waals surface area contributed by atoms with Gasteiger partial charge in [0.05, 0.1) is 17.8 Å². The number of carbonyl (C=O) groups excluding carboxylic acids is 1. The second-order valence-corrected chi connectivity index (χ2v) is 15.5. The van der Waals surface area contributed by atoms with Gasteiger partial charge in [0.1, 0.15) is 11.3 Å². The summed E-state index contributed by atoms with van der Waals surface area (Å²) in [6, 6.07) is 7.20. The molecule has 31 heavy (non-hydrogen) atoms. The molecule has 3 rings (SSSR count). The molecule has 170 valence electrons. The number of nitrogens with zero attached hydrogens (tertiary/aromatic N) is 3. The van der Waals surface area contributed by atoms with Crippen molar-refractivity contribution >= 4 is 14.4 Å². The fraction of sp³-hybridized carbons (Fsp3) is 0.609. The first-order valence-corrected chi connectivity index (χ1v) is 13.7. The Labute approximate surface area is 186 Å². The molecule has 2 atom stereocenters. The van der Waals surface area contributed by atoms with E-state index < -0.39 is 13.9 Å². The lowest BCUT2D eigenvalue weighted by molar-refractivity contribution is 0.0190. The van der Waals surface area contributed by atoms with Crippen molar-refractivity contribution in [2.24, 2.45) is 0 Å². The maximum atomic E-state index is 13.0. The zero-order valence-electron chi connectivity index (χ0n) is 19.9. The first-order chi connectivity index (χ1) is 14.3. The molecule has 1 aliphatic rings. The molecule has 0 saturated carbocycles. The van der Waals surface area contributed by atoms with Gasteiger partial charge in [-0.1, -0.05) is 32.0 Å². The van der Waals surface area contributed by atoms with Gasteiger partial charge in [-0.2, -0.15) is 0 Å². The SMILES string of the molecule is CC(C)(C)OC(=O)N1CC(O[Si](C)(C)C(C)(C)C)C[C@@H]1c1cc(-c2ccccn2)no1. The van der Waals surface area contributed by atoms with Crippen LogP contribution in [0.5, 0.6) is 0 Å². The molecule has 1 unspecified atom stereocenters. The van der Waals surface area contributed by atoms with Crippen LogP contribution < -0.4 is 0 Å². The maximum absolute atomic E-state index is 13.0. The van der Waals surface area contributed by atoms with E-state index in [0.29, 0.717) is 24.4 Å². The summed E-state index contributed by atoms with van der Waals surface area (Å²) >= 11 is 0. The number of pyridine rings is 1. The van der Waals surface area contributed by atoms with Gasteiger partial charge in [0, 0.05) is 25.2 Å². The Morgan fingerprint density at radius 1 is 1.16 bits per heavy atom. The van der Waals surface area contributed by atoms with Crippen molar-refractivity contribution in [3.8, 4) is 11.4 Å². The number of amides is 1. The highest BCUT2D eigenvalue weighted by atomic mass is 28.4. The van der Waals surface area contributed by atoms with Crippen molar-refractivity contribution < 1.29 is 18.5 Å². The standard InChI is InChI=1S/C23H35N3O4Si/c1-22(2,3)28-21(27)26-15-16(30-31(7,8)23(4,5)6)13-19(26)20-14-18(25-29-20)17-11-9-10-12-24-17/h9-12,14,16,19H,13,15H2,1-8H3/t16?,19-/m1/s1. The monoisotopic (exact) mass is 445 g/mol. The second kappa shape index (κ2) is 8.39. The van der Waals surface area contributed by atoms with Crippen molar-refractivity contribution in [2.45, 2.75) is 83.8 Å².